The van der Waals surface area contributed by atoms with E-state index in [0.29, 0.717) is 12.4 Å². The lowest BCUT2D eigenvalue weighted by Gasteiger charge is -2.19. The SMILES string of the molecule is CCNC(COc1ccc(F)cc1)c1ccccc1. The van der Waals surface area contributed by atoms with Crippen LogP contribution >= 0.6 is 0 Å². The fourth-order valence-corrected chi connectivity index (χ4v) is 1.92. The average molecular weight is 259 g/mol. The first-order valence-electron chi connectivity index (χ1n) is 6.46. The quantitative estimate of drug-likeness (QED) is 0.856. The molecule has 1 atom stereocenters. The van der Waals surface area contributed by atoms with Crippen molar-refractivity contribution in [2.24, 2.45) is 0 Å². The molecule has 19 heavy (non-hydrogen) atoms. The lowest BCUT2D eigenvalue weighted by atomic mass is 10.1. The second kappa shape index (κ2) is 6.90. The first-order valence-corrected chi connectivity index (χ1v) is 6.46. The van der Waals surface area contributed by atoms with Gasteiger partial charge in [0.05, 0.1) is 6.04 Å². The molecule has 0 heterocycles. The van der Waals surface area contributed by atoms with Crippen LogP contribution in [0.5, 0.6) is 5.75 Å². The van der Waals surface area contributed by atoms with Gasteiger partial charge < -0.3 is 10.1 Å². The number of hydrogen-bond acceptors (Lipinski definition) is 2. The maximum atomic E-state index is 12.8. The van der Waals surface area contributed by atoms with Gasteiger partial charge in [-0.05, 0) is 36.4 Å². The Labute approximate surface area is 113 Å². The fourth-order valence-electron chi connectivity index (χ4n) is 1.92. The van der Waals surface area contributed by atoms with Crippen molar-refractivity contribution in [1.82, 2.24) is 5.32 Å². The van der Waals surface area contributed by atoms with Crippen LogP contribution in [0.1, 0.15) is 18.5 Å². The Balaban J connectivity index is 1.99. The highest BCUT2D eigenvalue weighted by molar-refractivity contribution is 5.23. The second-order valence-electron chi connectivity index (χ2n) is 4.29. The molecule has 0 saturated heterocycles. The van der Waals surface area contributed by atoms with E-state index in [1.807, 2.05) is 18.2 Å². The van der Waals surface area contributed by atoms with E-state index in [0.717, 1.165) is 6.54 Å². The van der Waals surface area contributed by atoms with Crippen molar-refractivity contribution in [3.63, 3.8) is 0 Å². The molecule has 2 nitrogen and oxygen atoms in total. The molecule has 0 saturated carbocycles. The van der Waals surface area contributed by atoms with Crippen molar-refractivity contribution in [3.05, 3.63) is 66.0 Å². The maximum absolute atomic E-state index is 12.8. The highest BCUT2D eigenvalue weighted by Crippen LogP contribution is 2.16. The zero-order valence-corrected chi connectivity index (χ0v) is 11.0. The van der Waals surface area contributed by atoms with Crippen LogP contribution in [-0.4, -0.2) is 13.2 Å². The first kappa shape index (κ1) is 13.6. The van der Waals surface area contributed by atoms with Crippen LogP contribution in [0.2, 0.25) is 0 Å². The van der Waals surface area contributed by atoms with Crippen LogP contribution in [0.4, 0.5) is 4.39 Å². The fraction of sp³-hybridized carbons (Fsp3) is 0.250. The zero-order valence-electron chi connectivity index (χ0n) is 11.0. The summed E-state index contributed by atoms with van der Waals surface area (Å²) in [7, 11) is 0. The predicted molar refractivity (Wildman–Crippen MR) is 74.8 cm³/mol. The summed E-state index contributed by atoms with van der Waals surface area (Å²) in [6, 6.07) is 16.4. The van der Waals surface area contributed by atoms with E-state index in [1.165, 1.54) is 17.7 Å². The number of benzene rings is 2. The summed E-state index contributed by atoms with van der Waals surface area (Å²) in [4.78, 5) is 0. The Morgan fingerprint density at radius 3 is 2.37 bits per heavy atom. The van der Waals surface area contributed by atoms with E-state index >= 15 is 0 Å². The van der Waals surface area contributed by atoms with Crippen LogP contribution in [0, 0.1) is 5.82 Å². The van der Waals surface area contributed by atoms with Crippen molar-refractivity contribution in [2.45, 2.75) is 13.0 Å². The van der Waals surface area contributed by atoms with Gasteiger partial charge in [0, 0.05) is 0 Å². The number of rotatable bonds is 6. The molecule has 0 bridgehead atoms. The monoisotopic (exact) mass is 259 g/mol. The highest BCUT2D eigenvalue weighted by Gasteiger charge is 2.10. The van der Waals surface area contributed by atoms with E-state index in [9.17, 15) is 4.39 Å². The molecule has 1 unspecified atom stereocenters. The maximum Gasteiger partial charge on any atom is 0.123 e. The van der Waals surface area contributed by atoms with Crippen molar-refractivity contribution in [1.29, 1.82) is 0 Å². The molecule has 0 aliphatic heterocycles. The Morgan fingerprint density at radius 2 is 1.74 bits per heavy atom. The molecular weight excluding hydrogens is 241 g/mol. The van der Waals surface area contributed by atoms with Gasteiger partial charge in [-0.3, -0.25) is 0 Å². The van der Waals surface area contributed by atoms with Gasteiger partial charge in [-0.25, -0.2) is 4.39 Å². The van der Waals surface area contributed by atoms with Gasteiger partial charge in [0.2, 0.25) is 0 Å². The van der Waals surface area contributed by atoms with E-state index in [4.69, 9.17) is 4.74 Å². The Morgan fingerprint density at radius 1 is 1.05 bits per heavy atom. The molecule has 0 radical (unpaired) electrons. The Kier molecular flexibility index (Phi) is 4.93. The molecule has 0 amide bonds. The van der Waals surface area contributed by atoms with Crippen LogP contribution in [0.15, 0.2) is 54.6 Å². The molecule has 0 aromatic heterocycles. The molecule has 3 heteroatoms. The van der Waals surface area contributed by atoms with Crippen molar-refractivity contribution in [2.75, 3.05) is 13.2 Å². The average Bonchev–Trinajstić information content (AvgIpc) is 2.46. The summed E-state index contributed by atoms with van der Waals surface area (Å²) in [5, 5.41) is 3.38. The van der Waals surface area contributed by atoms with Crippen LogP contribution in [0.25, 0.3) is 0 Å². The van der Waals surface area contributed by atoms with Gasteiger partial charge in [-0.15, -0.1) is 0 Å². The molecule has 0 aliphatic rings. The van der Waals surface area contributed by atoms with E-state index in [1.54, 1.807) is 12.1 Å². The molecule has 2 aromatic rings. The number of hydrogen-bond donors (Lipinski definition) is 1. The highest BCUT2D eigenvalue weighted by atomic mass is 19.1. The minimum absolute atomic E-state index is 0.135. The number of likely N-dealkylation sites (N-methyl/N-ethyl adjacent to an activating group) is 1. The van der Waals surface area contributed by atoms with Gasteiger partial charge in [-0.2, -0.15) is 0 Å². The Bertz CT molecular complexity index is 484. The summed E-state index contributed by atoms with van der Waals surface area (Å²) in [6.45, 7) is 3.45. The lowest BCUT2D eigenvalue weighted by Crippen LogP contribution is -2.26. The molecule has 0 aliphatic carbocycles. The number of halogens is 1. The van der Waals surface area contributed by atoms with E-state index in [-0.39, 0.29) is 11.9 Å². The summed E-state index contributed by atoms with van der Waals surface area (Å²) >= 11 is 0. The van der Waals surface area contributed by atoms with Gasteiger partial charge in [0.1, 0.15) is 18.2 Å². The molecular formula is C16H18FNO. The summed E-state index contributed by atoms with van der Waals surface area (Å²) < 4.78 is 18.5. The van der Waals surface area contributed by atoms with E-state index in [2.05, 4.69) is 24.4 Å². The van der Waals surface area contributed by atoms with Crippen LogP contribution in [0.3, 0.4) is 0 Å². The van der Waals surface area contributed by atoms with Gasteiger partial charge in [0.25, 0.3) is 0 Å². The van der Waals surface area contributed by atoms with Gasteiger partial charge in [0.15, 0.2) is 0 Å². The molecule has 100 valence electrons. The Hall–Kier alpha value is -1.87. The van der Waals surface area contributed by atoms with Crippen molar-refractivity contribution in [3.8, 4) is 5.75 Å². The molecule has 2 aromatic carbocycles. The summed E-state index contributed by atoms with van der Waals surface area (Å²) in [5.41, 5.74) is 1.19. The predicted octanol–water partition coefficient (Wildman–Crippen LogP) is 3.56. The minimum atomic E-state index is -0.251. The van der Waals surface area contributed by atoms with Crippen LogP contribution in [-0.2, 0) is 0 Å². The van der Waals surface area contributed by atoms with Gasteiger partial charge >= 0.3 is 0 Å². The zero-order chi connectivity index (χ0) is 13.5. The van der Waals surface area contributed by atoms with Crippen molar-refractivity contribution >= 4 is 0 Å². The standard InChI is InChI=1S/C16H18FNO/c1-2-18-16(13-6-4-3-5-7-13)12-19-15-10-8-14(17)9-11-15/h3-11,16,18H,2,12H2,1H3. The molecule has 1 N–H and O–H groups in total. The lowest BCUT2D eigenvalue weighted by molar-refractivity contribution is 0.268. The number of ether oxygens (including phenoxy) is 1. The smallest absolute Gasteiger partial charge is 0.123 e. The van der Waals surface area contributed by atoms with E-state index < -0.39 is 0 Å². The number of nitrogens with one attached hydrogen (secondary N) is 1. The van der Waals surface area contributed by atoms with Crippen LogP contribution < -0.4 is 10.1 Å². The molecule has 2 rings (SSSR count). The molecule has 0 spiro atoms. The minimum Gasteiger partial charge on any atom is -0.492 e. The third kappa shape index (κ3) is 4.07. The third-order valence-corrected chi connectivity index (χ3v) is 2.88. The van der Waals surface area contributed by atoms with Gasteiger partial charge in [-0.1, -0.05) is 37.3 Å². The first-order chi connectivity index (χ1) is 9.29. The normalized spacial score (nSPS) is 12.1. The summed E-state index contributed by atoms with van der Waals surface area (Å²) in [5.74, 6) is 0.430. The second-order valence-corrected chi connectivity index (χ2v) is 4.29. The third-order valence-electron chi connectivity index (χ3n) is 2.88. The largest absolute Gasteiger partial charge is 0.492 e. The van der Waals surface area contributed by atoms with Crippen molar-refractivity contribution < 1.29 is 9.13 Å². The summed E-state index contributed by atoms with van der Waals surface area (Å²) in [6.07, 6.45) is 0. The topological polar surface area (TPSA) is 21.3 Å². The molecule has 0 fully saturated rings.